The lowest BCUT2D eigenvalue weighted by atomic mass is 10.3. The van der Waals surface area contributed by atoms with Gasteiger partial charge in [0, 0.05) is 6.20 Å². The van der Waals surface area contributed by atoms with Crippen LogP contribution in [0.5, 0.6) is 5.75 Å². The fraction of sp³-hybridized carbons (Fsp3) is 0.154. The highest BCUT2D eigenvalue weighted by atomic mass is 79.9. The zero-order valence-corrected chi connectivity index (χ0v) is 10.9. The van der Waals surface area contributed by atoms with Crippen LogP contribution in [-0.2, 0) is 0 Å². The highest BCUT2D eigenvalue weighted by molar-refractivity contribution is 9.10. The number of para-hydroxylation sites is 1. The maximum atomic E-state index is 5.62. The van der Waals surface area contributed by atoms with Gasteiger partial charge in [-0.3, -0.25) is 0 Å². The lowest BCUT2D eigenvalue weighted by Crippen LogP contribution is -2.12. The molecular formula is C13H13BrN2O. The van der Waals surface area contributed by atoms with E-state index in [4.69, 9.17) is 4.74 Å². The molecule has 17 heavy (non-hydrogen) atoms. The summed E-state index contributed by atoms with van der Waals surface area (Å²) in [5.41, 5.74) is 0. The van der Waals surface area contributed by atoms with Crippen LogP contribution in [0.15, 0.2) is 53.1 Å². The Balaban J connectivity index is 1.76. The van der Waals surface area contributed by atoms with Gasteiger partial charge in [0.05, 0.1) is 11.0 Å². The van der Waals surface area contributed by atoms with Crippen LogP contribution in [0.25, 0.3) is 0 Å². The molecule has 1 heterocycles. The lowest BCUT2D eigenvalue weighted by molar-refractivity contribution is 0.330. The molecule has 88 valence electrons. The molecule has 1 N–H and O–H groups in total. The van der Waals surface area contributed by atoms with Crippen molar-refractivity contribution >= 4 is 21.7 Å². The van der Waals surface area contributed by atoms with Gasteiger partial charge >= 0.3 is 0 Å². The third-order valence-corrected chi connectivity index (χ3v) is 2.82. The van der Waals surface area contributed by atoms with Gasteiger partial charge < -0.3 is 10.1 Å². The zero-order valence-electron chi connectivity index (χ0n) is 9.27. The predicted molar refractivity (Wildman–Crippen MR) is 72.4 cm³/mol. The highest BCUT2D eigenvalue weighted by Crippen LogP contribution is 2.23. The van der Waals surface area contributed by atoms with Crippen LogP contribution in [0.1, 0.15) is 0 Å². The molecule has 0 saturated heterocycles. The van der Waals surface area contributed by atoms with Crippen molar-refractivity contribution in [3.63, 3.8) is 0 Å². The molecule has 0 aliphatic carbocycles. The lowest BCUT2D eigenvalue weighted by Gasteiger charge is -2.09. The summed E-state index contributed by atoms with van der Waals surface area (Å²) in [6.07, 6.45) is 1.76. The number of nitrogens with one attached hydrogen (secondary N) is 1. The third kappa shape index (κ3) is 3.75. The van der Waals surface area contributed by atoms with Gasteiger partial charge in [0.25, 0.3) is 0 Å². The van der Waals surface area contributed by atoms with Crippen LogP contribution in [-0.4, -0.2) is 18.1 Å². The van der Waals surface area contributed by atoms with Gasteiger partial charge in [0.2, 0.25) is 0 Å². The molecule has 3 nitrogen and oxygen atoms in total. The zero-order chi connectivity index (χ0) is 11.9. The Morgan fingerprint density at radius 1 is 1.12 bits per heavy atom. The molecule has 0 bridgehead atoms. The summed E-state index contributed by atoms with van der Waals surface area (Å²) in [6, 6.07) is 13.6. The molecule has 0 aliphatic rings. The first-order chi connectivity index (χ1) is 8.36. The number of benzene rings is 1. The molecule has 0 spiro atoms. The fourth-order valence-electron chi connectivity index (χ4n) is 1.37. The van der Waals surface area contributed by atoms with Crippen molar-refractivity contribution in [1.29, 1.82) is 0 Å². The minimum absolute atomic E-state index is 0.596. The second kappa shape index (κ2) is 6.25. The molecule has 2 aromatic rings. The smallest absolute Gasteiger partial charge is 0.133 e. The van der Waals surface area contributed by atoms with E-state index in [1.807, 2.05) is 42.5 Å². The van der Waals surface area contributed by atoms with E-state index in [1.54, 1.807) is 6.20 Å². The summed E-state index contributed by atoms with van der Waals surface area (Å²) >= 11 is 3.44. The van der Waals surface area contributed by atoms with Crippen LogP contribution in [0.4, 0.5) is 5.82 Å². The number of nitrogens with zero attached hydrogens (tertiary/aromatic N) is 1. The van der Waals surface area contributed by atoms with Gasteiger partial charge in [0.15, 0.2) is 0 Å². The molecule has 0 amide bonds. The molecule has 0 atom stereocenters. The van der Waals surface area contributed by atoms with E-state index >= 15 is 0 Å². The summed E-state index contributed by atoms with van der Waals surface area (Å²) in [4.78, 5) is 4.16. The Morgan fingerprint density at radius 2 is 1.94 bits per heavy atom. The third-order valence-electron chi connectivity index (χ3n) is 2.17. The number of pyridine rings is 1. The van der Waals surface area contributed by atoms with E-state index < -0.39 is 0 Å². The SMILES string of the molecule is Brc1ccccc1OCCNc1ccccn1. The van der Waals surface area contributed by atoms with E-state index in [2.05, 4.69) is 26.2 Å². The fourth-order valence-corrected chi connectivity index (χ4v) is 1.77. The molecule has 0 unspecified atom stereocenters. The normalized spacial score (nSPS) is 9.94. The summed E-state index contributed by atoms with van der Waals surface area (Å²) < 4.78 is 6.59. The topological polar surface area (TPSA) is 34.1 Å². The van der Waals surface area contributed by atoms with E-state index in [0.29, 0.717) is 6.61 Å². The van der Waals surface area contributed by atoms with Crippen LogP contribution < -0.4 is 10.1 Å². The van der Waals surface area contributed by atoms with Gasteiger partial charge in [-0.15, -0.1) is 0 Å². The first-order valence-corrected chi connectivity index (χ1v) is 6.18. The Hall–Kier alpha value is -1.55. The molecule has 4 heteroatoms. The van der Waals surface area contributed by atoms with Crippen molar-refractivity contribution in [2.24, 2.45) is 0 Å². The summed E-state index contributed by atoms with van der Waals surface area (Å²) in [6.45, 7) is 1.32. The molecule has 0 fully saturated rings. The Bertz CT molecular complexity index is 462. The molecule has 1 aromatic carbocycles. The Morgan fingerprint density at radius 3 is 2.71 bits per heavy atom. The highest BCUT2D eigenvalue weighted by Gasteiger charge is 1.98. The van der Waals surface area contributed by atoms with Crippen molar-refractivity contribution < 1.29 is 4.74 Å². The number of anilines is 1. The molecule has 1 aromatic heterocycles. The first-order valence-electron chi connectivity index (χ1n) is 5.38. The van der Waals surface area contributed by atoms with Crippen LogP contribution in [0.2, 0.25) is 0 Å². The maximum absolute atomic E-state index is 5.62. The second-order valence-corrected chi connectivity index (χ2v) is 4.27. The standard InChI is InChI=1S/C13H13BrN2O/c14-11-5-1-2-6-12(11)17-10-9-16-13-7-3-4-8-15-13/h1-8H,9-10H2,(H,15,16). The second-order valence-electron chi connectivity index (χ2n) is 3.42. The van der Waals surface area contributed by atoms with Gasteiger partial charge in [-0.05, 0) is 40.2 Å². The summed E-state index contributed by atoms with van der Waals surface area (Å²) in [7, 11) is 0. The first kappa shape index (κ1) is 11.9. The van der Waals surface area contributed by atoms with Gasteiger partial charge in [-0.2, -0.15) is 0 Å². The maximum Gasteiger partial charge on any atom is 0.133 e. The van der Waals surface area contributed by atoms with Crippen molar-refractivity contribution in [3.8, 4) is 5.75 Å². The Kier molecular flexibility index (Phi) is 4.38. The van der Waals surface area contributed by atoms with E-state index in [9.17, 15) is 0 Å². The minimum atomic E-state index is 0.596. The molecular weight excluding hydrogens is 280 g/mol. The average Bonchev–Trinajstić information content (AvgIpc) is 2.38. The van der Waals surface area contributed by atoms with Gasteiger partial charge in [0.1, 0.15) is 18.2 Å². The van der Waals surface area contributed by atoms with E-state index in [-0.39, 0.29) is 0 Å². The van der Waals surface area contributed by atoms with Crippen LogP contribution >= 0.6 is 15.9 Å². The molecule has 0 radical (unpaired) electrons. The van der Waals surface area contributed by atoms with Crippen molar-refractivity contribution in [3.05, 3.63) is 53.1 Å². The monoisotopic (exact) mass is 292 g/mol. The number of hydrogen-bond donors (Lipinski definition) is 1. The number of halogens is 1. The number of aromatic nitrogens is 1. The number of rotatable bonds is 5. The van der Waals surface area contributed by atoms with Crippen LogP contribution in [0, 0.1) is 0 Å². The summed E-state index contributed by atoms with van der Waals surface area (Å²) in [5.74, 6) is 1.72. The Labute approximate surface area is 109 Å². The molecule has 0 saturated carbocycles. The molecule has 0 aliphatic heterocycles. The average molecular weight is 293 g/mol. The van der Waals surface area contributed by atoms with Crippen molar-refractivity contribution in [1.82, 2.24) is 4.98 Å². The van der Waals surface area contributed by atoms with Crippen molar-refractivity contribution in [2.75, 3.05) is 18.5 Å². The van der Waals surface area contributed by atoms with E-state index in [0.717, 1.165) is 22.6 Å². The largest absolute Gasteiger partial charge is 0.491 e. The van der Waals surface area contributed by atoms with Crippen molar-refractivity contribution in [2.45, 2.75) is 0 Å². The quantitative estimate of drug-likeness (QED) is 0.859. The van der Waals surface area contributed by atoms with Gasteiger partial charge in [-0.1, -0.05) is 18.2 Å². The minimum Gasteiger partial charge on any atom is -0.491 e. The predicted octanol–water partition coefficient (Wildman–Crippen LogP) is 3.34. The van der Waals surface area contributed by atoms with Gasteiger partial charge in [-0.25, -0.2) is 4.98 Å². The van der Waals surface area contributed by atoms with Crippen LogP contribution in [0.3, 0.4) is 0 Å². The number of hydrogen-bond acceptors (Lipinski definition) is 3. The molecule has 2 rings (SSSR count). The summed E-state index contributed by atoms with van der Waals surface area (Å²) in [5, 5.41) is 3.18. The van der Waals surface area contributed by atoms with E-state index in [1.165, 1.54) is 0 Å². The number of ether oxygens (including phenoxy) is 1.